The van der Waals surface area contributed by atoms with E-state index in [1.807, 2.05) is 79.9 Å². The Hall–Kier alpha value is -2.29. The topological polar surface area (TPSA) is 21.6 Å². The third kappa shape index (κ3) is 4.85. The molecule has 3 rings (SSSR count). The molecule has 0 radical (unpaired) electrons. The van der Waals surface area contributed by atoms with E-state index in [-0.39, 0.29) is 0 Å². The Morgan fingerprint density at radius 3 is 2.60 bits per heavy atom. The van der Waals surface area contributed by atoms with Gasteiger partial charge < -0.3 is 4.74 Å². The minimum atomic E-state index is 0.467. The number of benzene rings is 3. The lowest BCUT2D eigenvalue weighted by atomic mass is 10.2. The zero-order valence-electron chi connectivity index (χ0n) is 13.7. The molecule has 0 spiro atoms. The van der Waals surface area contributed by atoms with Gasteiger partial charge in [0, 0.05) is 16.3 Å². The smallest absolute Gasteiger partial charge is 0.120 e. The van der Waals surface area contributed by atoms with Gasteiger partial charge in [-0.3, -0.25) is 4.99 Å². The summed E-state index contributed by atoms with van der Waals surface area (Å²) >= 11 is 12.1. The molecule has 0 unspecified atom stereocenters. The highest BCUT2D eigenvalue weighted by atomic mass is 35.5. The summed E-state index contributed by atoms with van der Waals surface area (Å²) in [6.07, 6.45) is 1.81. The summed E-state index contributed by atoms with van der Waals surface area (Å²) in [7, 11) is 0. The summed E-state index contributed by atoms with van der Waals surface area (Å²) in [4.78, 5) is 4.53. The molecule has 0 aliphatic carbocycles. The van der Waals surface area contributed by atoms with Gasteiger partial charge in [0.05, 0.1) is 5.69 Å². The Morgan fingerprint density at radius 1 is 0.960 bits per heavy atom. The second kappa shape index (κ2) is 8.19. The maximum absolute atomic E-state index is 6.13. The van der Waals surface area contributed by atoms with Crippen LogP contribution in [-0.2, 0) is 6.61 Å². The van der Waals surface area contributed by atoms with E-state index < -0.39 is 0 Å². The van der Waals surface area contributed by atoms with E-state index in [9.17, 15) is 0 Å². The van der Waals surface area contributed by atoms with Crippen LogP contribution < -0.4 is 4.74 Å². The van der Waals surface area contributed by atoms with Crippen molar-refractivity contribution in [3.63, 3.8) is 0 Å². The maximum Gasteiger partial charge on any atom is 0.120 e. The van der Waals surface area contributed by atoms with Crippen molar-refractivity contribution in [2.24, 2.45) is 4.99 Å². The Labute approximate surface area is 157 Å². The number of rotatable bonds is 5. The van der Waals surface area contributed by atoms with Gasteiger partial charge in [-0.25, -0.2) is 0 Å². The molecule has 0 heterocycles. The Morgan fingerprint density at radius 2 is 1.76 bits per heavy atom. The third-order valence-electron chi connectivity index (χ3n) is 3.74. The van der Waals surface area contributed by atoms with Crippen molar-refractivity contribution in [1.82, 2.24) is 0 Å². The van der Waals surface area contributed by atoms with Gasteiger partial charge in [-0.15, -0.1) is 0 Å². The predicted molar refractivity (Wildman–Crippen MR) is 106 cm³/mol. The van der Waals surface area contributed by atoms with Crippen LogP contribution in [0.4, 0.5) is 5.69 Å². The molecule has 0 bridgehead atoms. The van der Waals surface area contributed by atoms with Gasteiger partial charge in [0.2, 0.25) is 0 Å². The van der Waals surface area contributed by atoms with Crippen molar-refractivity contribution < 1.29 is 4.74 Å². The lowest BCUT2D eigenvalue weighted by molar-refractivity contribution is 0.306. The molecule has 25 heavy (non-hydrogen) atoms. The highest BCUT2D eigenvalue weighted by Gasteiger charge is 2.01. The van der Waals surface area contributed by atoms with Gasteiger partial charge >= 0.3 is 0 Å². The number of hydrogen-bond acceptors (Lipinski definition) is 2. The lowest BCUT2D eigenvalue weighted by Crippen LogP contribution is -1.95. The van der Waals surface area contributed by atoms with Crippen molar-refractivity contribution in [3.8, 4) is 5.75 Å². The summed E-state index contributed by atoms with van der Waals surface area (Å²) in [5, 5.41) is 1.42. The maximum atomic E-state index is 6.13. The number of nitrogens with zero attached hydrogens (tertiary/aromatic N) is 1. The molecule has 0 amide bonds. The van der Waals surface area contributed by atoms with Gasteiger partial charge in [0.1, 0.15) is 12.4 Å². The monoisotopic (exact) mass is 369 g/mol. The lowest BCUT2D eigenvalue weighted by Gasteiger charge is -2.07. The highest BCUT2D eigenvalue weighted by Crippen LogP contribution is 2.25. The molecular formula is C21H17Cl2NO. The molecule has 0 fully saturated rings. The standard InChI is InChI=1S/C21H17Cl2NO/c1-15-20(23)9-4-10-21(15)24-13-16-5-3-8-19(12-16)25-14-17-6-2-7-18(22)11-17/h2-13H,14H2,1H3. The number of ether oxygens (including phenoxy) is 1. The SMILES string of the molecule is Cc1c(Cl)cccc1N=Cc1cccc(OCc2cccc(Cl)c2)c1. The molecule has 0 aliphatic heterocycles. The van der Waals surface area contributed by atoms with Crippen molar-refractivity contribution in [1.29, 1.82) is 0 Å². The number of hydrogen-bond donors (Lipinski definition) is 0. The van der Waals surface area contributed by atoms with Crippen LogP contribution >= 0.6 is 23.2 Å². The second-order valence-corrected chi connectivity index (χ2v) is 6.48. The Balaban J connectivity index is 1.71. The normalized spacial score (nSPS) is 11.0. The zero-order chi connectivity index (χ0) is 17.6. The Kier molecular flexibility index (Phi) is 5.75. The zero-order valence-corrected chi connectivity index (χ0v) is 15.3. The van der Waals surface area contributed by atoms with E-state index in [0.29, 0.717) is 16.7 Å². The molecule has 3 aromatic rings. The van der Waals surface area contributed by atoms with E-state index in [1.165, 1.54) is 0 Å². The van der Waals surface area contributed by atoms with Gasteiger partial charge in [-0.05, 0) is 60.0 Å². The first-order valence-corrected chi connectivity index (χ1v) is 8.64. The second-order valence-electron chi connectivity index (χ2n) is 5.63. The first-order valence-electron chi connectivity index (χ1n) is 7.88. The van der Waals surface area contributed by atoms with Crippen molar-refractivity contribution in [2.75, 3.05) is 0 Å². The molecule has 4 heteroatoms. The highest BCUT2D eigenvalue weighted by molar-refractivity contribution is 6.31. The van der Waals surface area contributed by atoms with Crippen LogP contribution in [0.5, 0.6) is 5.75 Å². The van der Waals surface area contributed by atoms with E-state index in [4.69, 9.17) is 27.9 Å². The van der Waals surface area contributed by atoms with E-state index in [2.05, 4.69) is 4.99 Å². The van der Waals surface area contributed by atoms with E-state index in [0.717, 1.165) is 28.1 Å². The van der Waals surface area contributed by atoms with Crippen molar-refractivity contribution in [2.45, 2.75) is 13.5 Å². The van der Waals surface area contributed by atoms with Crippen molar-refractivity contribution in [3.05, 3.63) is 93.5 Å². The molecule has 0 saturated heterocycles. The van der Waals surface area contributed by atoms with Gasteiger partial charge in [0.15, 0.2) is 0 Å². The fraction of sp³-hybridized carbons (Fsp3) is 0.0952. The van der Waals surface area contributed by atoms with Crippen LogP contribution in [0.25, 0.3) is 0 Å². The van der Waals surface area contributed by atoms with Crippen LogP contribution in [0.15, 0.2) is 71.7 Å². The molecule has 126 valence electrons. The fourth-order valence-electron chi connectivity index (χ4n) is 2.36. The first kappa shape index (κ1) is 17.5. The van der Waals surface area contributed by atoms with Gasteiger partial charge in [0.25, 0.3) is 0 Å². The quantitative estimate of drug-likeness (QED) is 0.462. The van der Waals surface area contributed by atoms with Crippen molar-refractivity contribution >= 4 is 35.1 Å². The molecule has 3 aromatic carbocycles. The molecule has 2 nitrogen and oxygen atoms in total. The minimum Gasteiger partial charge on any atom is -0.489 e. The summed E-state index contributed by atoms with van der Waals surface area (Å²) < 4.78 is 5.84. The summed E-state index contributed by atoms with van der Waals surface area (Å²) in [5.41, 5.74) is 3.82. The molecular weight excluding hydrogens is 353 g/mol. The Bertz CT molecular complexity index is 906. The minimum absolute atomic E-state index is 0.467. The van der Waals surface area contributed by atoms with Crippen LogP contribution in [-0.4, -0.2) is 6.21 Å². The van der Waals surface area contributed by atoms with E-state index in [1.54, 1.807) is 0 Å². The van der Waals surface area contributed by atoms with Crippen LogP contribution in [0.2, 0.25) is 10.0 Å². The molecule has 0 N–H and O–H groups in total. The fourth-order valence-corrected chi connectivity index (χ4v) is 2.74. The number of halogens is 2. The molecule has 0 saturated carbocycles. The molecule has 0 atom stereocenters. The van der Waals surface area contributed by atoms with Crippen LogP contribution in [0.1, 0.15) is 16.7 Å². The summed E-state index contributed by atoms with van der Waals surface area (Å²) in [6, 6.07) is 21.1. The first-order chi connectivity index (χ1) is 12.1. The van der Waals surface area contributed by atoms with Crippen LogP contribution in [0, 0.1) is 6.92 Å². The predicted octanol–water partition coefficient (Wildman–Crippen LogP) is 6.63. The van der Waals surface area contributed by atoms with Gasteiger partial charge in [-0.2, -0.15) is 0 Å². The van der Waals surface area contributed by atoms with E-state index >= 15 is 0 Å². The number of aliphatic imine (C=N–C) groups is 1. The summed E-state index contributed by atoms with van der Waals surface area (Å²) in [5.74, 6) is 0.784. The largest absolute Gasteiger partial charge is 0.489 e. The molecule has 0 aromatic heterocycles. The summed E-state index contributed by atoms with van der Waals surface area (Å²) in [6.45, 7) is 2.42. The van der Waals surface area contributed by atoms with Crippen LogP contribution in [0.3, 0.4) is 0 Å². The molecule has 0 aliphatic rings. The average Bonchev–Trinajstić information content (AvgIpc) is 2.62. The third-order valence-corrected chi connectivity index (χ3v) is 4.39. The van der Waals surface area contributed by atoms with Gasteiger partial charge in [-0.1, -0.05) is 53.5 Å². The average molecular weight is 370 g/mol.